The molecule has 4 rings (SSSR count). The molecule has 1 saturated heterocycles. The molecule has 4 nitrogen and oxygen atoms in total. The van der Waals surface area contributed by atoms with Gasteiger partial charge < -0.3 is 9.47 Å². The van der Waals surface area contributed by atoms with Gasteiger partial charge in [0.1, 0.15) is 6.61 Å². The van der Waals surface area contributed by atoms with Crippen LogP contribution in [0.5, 0.6) is 0 Å². The Morgan fingerprint density at radius 2 is 2.12 bits per heavy atom. The van der Waals surface area contributed by atoms with Crippen molar-refractivity contribution in [2.45, 2.75) is 25.1 Å². The van der Waals surface area contributed by atoms with E-state index in [1.807, 2.05) is 35.2 Å². The first-order chi connectivity index (χ1) is 11.8. The number of hydrogen-bond donors (Lipinski definition) is 0. The molecule has 0 radical (unpaired) electrons. The maximum absolute atomic E-state index is 12.6. The van der Waals surface area contributed by atoms with Crippen LogP contribution in [0.2, 0.25) is 0 Å². The molecule has 1 aromatic carbocycles. The van der Waals surface area contributed by atoms with Gasteiger partial charge in [-0.15, -0.1) is 0 Å². The van der Waals surface area contributed by atoms with E-state index in [4.69, 9.17) is 9.47 Å². The van der Waals surface area contributed by atoms with Crippen molar-refractivity contribution in [1.29, 1.82) is 0 Å². The first kappa shape index (κ1) is 15.4. The molecule has 2 aliphatic heterocycles. The number of carbonyl (C=O) groups excluding carboxylic acids is 1. The summed E-state index contributed by atoms with van der Waals surface area (Å²) in [5.41, 5.74) is 3.56. The van der Waals surface area contributed by atoms with Crippen LogP contribution in [0.4, 0.5) is 4.79 Å². The molecular weight excluding hydrogens is 322 g/mol. The van der Waals surface area contributed by atoms with E-state index in [9.17, 15) is 4.79 Å². The average Bonchev–Trinajstić information content (AvgIpc) is 3.14. The SMILES string of the molecule is O=C(OCc1ccccc1)N1C2C=C(c3ccsc3)CC1COC2. The van der Waals surface area contributed by atoms with Gasteiger partial charge in [-0.1, -0.05) is 36.4 Å². The number of morpholine rings is 1. The maximum atomic E-state index is 12.6. The van der Waals surface area contributed by atoms with E-state index < -0.39 is 0 Å². The summed E-state index contributed by atoms with van der Waals surface area (Å²) < 4.78 is 11.2. The topological polar surface area (TPSA) is 38.8 Å². The number of hydrogen-bond acceptors (Lipinski definition) is 4. The van der Waals surface area contributed by atoms with Crippen LogP contribution in [0.25, 0.3) is 5.57 Å². The molecule has 1 fully saturated rings. The summed E-state index contributed by atoms with van der Waals surface area (Å²) in [6.45, 7) is 1.40. The Bertz CT molecular complexity index is 726. The van der Waals surface area contributed by atoms with Crippen LogP contribution in [0.15, 0.2) is 53.2 Å². The van der Waals surface area contributed by atoms with Crippen LogP contribution < -0.4 is 0 Å². The number of fused-ring (bicyclic) bond motifs is 2. The van der Waals surface area contributed by atoms with Crippen molar-refractivity contribution >= 4 is 23.0 Å². The molecule has 2 atom stereocenters. The lowest BCUT2D eigenvalue weighted by atomic mass is 9.91. The molecule has 5 heteroatoms. The molecule has 1 amide bonds. The Morgan fingerprint density at radius 1 is 1.25 bits per heavy atom. The number of thiophene rings is 1. The van der Waals surface area contributed by atoms with Gasteiger partial charge in [0, 0.05) is 0 Å². The minimum Gasteiger partial charge on any atom is -0.445 e. The number of amides is 1. The highest BCUT2D eigenvalue weighted by Gasteiger charge is 2.39. The van der Waals surface area contributed by atoms with Crippen LogP contribution in [0.3, 0.4) is 0 Å². The Kier molecular flexibility index (Phi) is 4.36. The number of carbonyl (C=O) groups is 1. The summed E-state index contributed by atoms with van der Waals surface area (Å²) in [4.78, 5) is 14.4. The first-order valence-corrected chi connectivity index (χ1v) is 9.05. The largest absolute Gasteiger partial charge is 0.445 e. The van der Waals surface area contributed by atoms with Crippen LogP contribution >= 0.6 is 11.3 Å². The van der Waals surface area contributed by atoms with Gasteiger partial charge in [-0.25, -0.2) is 4.79 Å². The van der Waals surface area contributed by atoms with Crippen LogP contribution in [0.1, 0.15) is 17.5 Å². The molecule has 124 valence electrons. The maximum Gasteiger partial charge on any atom is 0.411 e. The Balaban J connectivity index is 1.48. The molecule has 0 aliphatic carbocycles. The zero-order valence-corrected chi connectivity index (χ0v) is 14.1. The minimum absolute atomic E-state index is 0.0457. The van der Waals surface area contributed by atoms with Crippen molar-refractivity contribution in [3.05, 3.63) is 64.4 Å². The monoisotopic (exact) mass is 341 g/mol. The van der Waals surface area contributed by atoms with E-state index in [2.05, 4.69) is 22.9 Å². The van der Waals surface area contributed by atoms with Gasteiger partial charge in [-0.05, 0) is 39.9 Å². The fourth-order valence-corrected chi connectivity index (χ4v) is 4.02. The molecule has 24 heavy (non-hydrogen) atoms. The normalized spacial score (nSPS) is 22.8. The molecule has 2 unspecified atom stereocenters. The third kappa shape index (κ3) is 3.09. The van der Waals surface area contributed by atoms with E-state index in [0.29, 0.717) is 19.8 Å². The van der Waals surface area contributed by atoms with Gasteiger partial charge in [-0.3, -0.25) is 4.90 Å². The van der Waals surface area contributed by atoms with Crippen molar-refractivity contribution in [3.8, 4) is 0 Å². The molecule has 0 spiro atoms. The second kappa shape index (κ2) is 6.79. The van der Waals surface area contributed by atoms with E-state index in [0.717, 1.165) is 12.0 Å². The highest BCUT2D eigenvalue weighted by atomic mass is 32.1. The predicted octanol–water partition coefficient (Wildman–Crippen LogP) is 3.94. The van der Waals surface area contributed by atoms with Crippen molar-refractivity contribution in [1.82, 2.24) is 4.90 Å². The Labute approximate surface area is 145 Å². The third-order valence-electron chi connectivity index (χ3n) is 4.51. The zero-order valence-electron chi connectivity index (χ0n) is 13.3. The van der Waals surface area contributed by atoms with Gasteiger partial charge in [0.25, 0.3) is 0 Å². The summed E-state index contributed by atoms with van der Waals surface area (Å²) >= 11 is 1.70. The Hall–Kier alpha value is -2.11. The second-order valence-electron chi connectivity index (χ2n) is 6.11. The van der Waals surface area contributed by atoms with Crippen molar-refractivity contribution in [3.63, 3.8) is 0 Å². The van der Waals surface area contributed by atoms with E-state index >= 15 is 0 Å². The van der Waals surface area contributed by atoms with Crippen molar-refractivity contribution in [2.24, 2.45) is 0 Å². The number of ether oxygens (including phenoxy) is 2. The van der Waals surface area contributed by atoms with Crippen molar-refractivity contribution < 1.29 is 14.3 Å². The van der Waals surface area contributed by atoms with Gasteiger partial charge in [0.2, 0.25) is 0 Å². The van der Waals surface area contributed by atoms with Gasteiger partial charge in [0.05, 0.1) is 25.3 Å². The quantitative estimate of drug-likeness (QED) is 0.849. The summed E-state index contributed by atoms with van der Waals surface area (Å²) in [6, 6.07) is 11.9. The zero-order chi connectivity index (χ0) is 16.4. The summed E-state index contributed by atoms with van der Waals surface area (Å²) in [5, 5.41) is 4.24. The molecule has 2 aromatic rings. The fourth-order valence-electron chi connectivity index (χ4n) is 3.34. The highest BCUT2D eigenvalue weighted by molar-refractivity contribution is 7.08. The van der Waals surface area contributed by atoms with Crippen LogP contribution in [-0.4, -0.2) is 36.3 Å². The number of benzene rings is 1. The molecule has 2 aliphatic rings. The first-order valence-electron chi connectivity index (χ1n) is 8.11. The predicted molar refractivity (Wildman–Crippen MR) is 93.8 cm³/mol. The Morgan fingerprint density at radius 3 is 2.88 bits per heavy atom. The average molecular weight is 341 g/mol. The summed E-state index contributed by atoms with van der Waals surface area (Å²) in [7, 11) is 0. The molecule has 0 N–H and O–H groups in total. The fraction of sp³-hybridized carbons (Fsp3) is 0.316. The van der Waals surface area contributed by atoms with E-state index in [-0.39, 0.29) is 18.2 Å². The molecular formula is C19H19NO3S. The lowest BCUT2D eigenvalue weighted by Crippen LogP contribution is -2.56. The number of nitrogens with zero attached hydrogens (tertiary/aromatic N) is 1. The number of rotatable bonds is 3. The van der Waals surface area contributed by atoms with Crippen LogP contribution in [0, 0.1) is 0 Å². The molecule has 1 aromatic heterocycles. The lowest BCUT2D eigenvalue weighted by Gasteiger charge is -2.43. The standard InChI is InChI=1S/C19H19NO3S/c21-19(23-10-14-4-2-1-3-5-14)20-17-8-16(15-6-7-24-13-15)9-18(20)12-22-11-17/h1-8,13,17-18H,9-12H2. The lowest BCUT2D eigenvalue weighted by molar-refractivity contribution is -0.0342. The van der Waals surface area contributed by atoms with E-state index in [1.165, 1.54) is 11.1 Å². The summed E-state index contributed by atoms with van der Waals surface area (Å²) in [6.07, 6.45) is 2.72. The highest BCUT2D eigenvalue weighted by Crippen LogP contribution is 2.33. The van der Waals surface area contributed by atoms with E-state index in [1.54, 1.807) is 11.3 Å². The molecule has 2 bridgehead atoms. The van der Waals surface area contributed by atoms with Crippen molar-refractivity contribution in [2.75, 3.05) is 13.2 Å². The van der Waals surface area contributed by atoms with Crippen LogP contribution in [-0.2, 0) is 16.1 Å². The van der Waals surface area contributed by atoms with Gasteiger partial charge >= 0.3 is 6.09 Å². The molecule has 3 heterocycles. The third-order valence-corrected chi connectivity index (χ3v) is 5.19. The molecule has 0 saturated carbocycles. The summed E-state index contributed by atoms with van der Waals surface area (Å²) in [5.74, 6) is 0. The smallest absolute Gasteiger partial charge is 0.411 e. The van der Waals surface area contributed by atoms with Gasteiger partial charge in [0.15, 0.2) is 0 Å². The van der Waals surface area contributed by atoms with Gasteiger partial charge in [-0.2, -0.15) is 11.3 Å². The minimum atomic E-state index is -0.252. The second-order valence-corrected chi connectivity index (χ2v) is 6.89.